The monoisotopic (exact) mass is 317 g/mol. The molecule has 1 saturated heterocycles. The van der Waals surface area contributed by atoms with Crippen LogP contribution < -0.4 is 4.74 Å². The van der Waals surface area contributed by atoms with Crippen LogP contribution in [0.4, 0.5) is 0 Å². The first kappa shape index (κ1) is 15.5. The lowest BCUT2D eigenvalue weighted by Gasteiger charge is -2.18. The summed E-state index contributed by atoms with van der Waals surface area (Å²) in [6.45, 7) is 3.65. The number of ether oxygens (including phenoxy) is 1. The van der Waals surface area contributed by atoms with Gasteiger partial charge >= 0.3 is 5.97 Å². The summed E-state index contributed by atoms with van der Waals surface area (Å²) >= 11 is 0. The van der Waals surface area contributed by atoms with Crippen molar-refractivity contribution in [1.82, 2.24) is 15.0 Å². The number of hydrogen-bond acceptors (Lipinski definition) is 6. The summed E-state index contributed by atoms with van der Waals surface area (Å²) in [6, 6.07) is 6.99. The SMILES string of the molecule is CCOc1ccc(-c2noc(CN3CCC[C@H]3C(=O)O)n2)cc1. The van der Waals surface area contributed by atoms with Crippen LogP contribution >= 0.6 is 0 Å². The Morgan fingerprint density at radius 2 is 2.22 bits per heavy atom. The Kier molecular flexibility index (Phi) is 4.57. The van der Waals surface area contributed by atoms with Crippen molar-refractivity contribution in [3.63, 3.8) is 0 Å². The number of benzene rings is 1. The molecule has 1 fully saturated rings. The molecule has 1 aromatic heterocycles. The molecular formula is C16H19N3O4. The Bertz CT molecular complexity index is 668. The third-order valence-electron chi connectivity index (χ3n) is 3.88. The van der Waals surface area contributed by atoms with Gasteiger partial charge in [0.05, 0.1) is 13.2 Å². The van der Waals surface area contributed by atoms with Crippen molar-refractivity contribution in [2.45, 2.75) is 32.4 Å². The third kappa shape index (κ3) is 3.50. The molecule has 1 aliphatic rings. The van der Waals surface area contributed by atoms with E-state index >= 15 is 0 Å². The highest BCUT2D eigenvalue weighted by molar-refractivity contribution is 5.73. The molecule has 0 radical (unpaired) electrons. The smallest absolute Gasteiger partial charge is 0.320 e. The van der Waals surface area contributed by atoms with E-state index in [-0.39, 0.29) is 0 Å². The number of carboxylic acids is 1. The number of likely N-dealkylation sites (tertiary alicyclic amines) is 1. The summed E-state index contributed by atoms with van der Waals surface area (Å²) in [5, 5.41) is 13.2. The molecule has 1 aromatic carbocycles. The minimum absolute atomic E-state index is 0.362. The fraction of sp³-hybridized carbons (Fsp3) is 0.438. The van der Waals surface area contributed by atoms with Gasteiger partial charge in [-0.05, 0) is 50.6 Å². The van der Waals surface area contributed by atoms with Crippen LogP contribution in [-0.4, -0.2) is 45.3 Å². The predicted molar refractivity (Wildman–Crippen MR) is 82.0 cm³/mol. The Labute approximate surface area is 133 Å². The highest BCUT2D eigenvalue weighted by Crippen LogP contribution is 2.23. The molecule has 0 bridgehead atoms. The van der Waals surface area contributed by atoms with Gasteiger partial charge in [0.1, 0.15) is 11.8 Å². The largest absolute Gasteiger partial charge is 0.494 e. The van der Waals surface area contributed by atoms with Gasteiger partial charge in [-0.15, -0.1) is 0 Å². The molecule has 2 heterocycles. The molecule has 0 saturated carbocycles. The maximum absolute atomic E-state index is 11.2. The molecule has 0 spiro atoms. The molecule has 1 atom stereocenters. The van der Waals surface area contributed by atoms with E-state index in [1.807, 2.05) is 36.1 Å². The van der Waals surface area contributed by atoms with Crippen molar-refractivity contribution in [2.24, 2.45) is 0 Å². The van der Waals surface area contributed by atoms with Gasteiger partial charge in [-0.2, -0.15) is 4.98 Å². The molecule has 1 N–H and O–H groups in total. The topological polar surface area (TPSA) is 88.7 Å². The Morgan fingerprint density at radius 3 is 2.91 bits per heavy atom. The molecule has 122 valence electrons. The van der Waals surface area contributed by atoms with Gasteiger partial charge in [0.2, 0.25) is 11.7 Å². The summed E-state index contributed by atoms with van der Waals surface area (Å²) < 4.78 is 10.7. The van der Waals surface area contributed by atoms with Gasteiger partial charge in [-0.1, -0.05) is 5.16 Å². The Morgan fingerprint density at radius 1 is 1.43 bits per heavy atom. The summed E-state index contributed by atoms with van der Waals surface area (Å²) in [7, 11) is 0. The van der Waals surface area contributed by atoms with Crippen molar-refractivity contribution in [1.29, 1.82) is 0 Å². The van der Waals surface area contributed by atoms with Crippen LogP contribution in [0.15, 0.2) is 28.8 Å². The maximum atomic E-state index is 11.2. The molecule has 0 aliphatic carbocycles. The zero-order valence-electron chi connectivity index (χ0n) is 12.9. The van der Waals surface area contributed by atoms with E-state index in [9.17, 15) is 9.90 Å². The zero-order chi connectivity index (χ0) is 16.2. The second kappa shape index (κ2) is 6.78. The number of carbonyl (C=O) groups is 1. The Balaban J connectivity index is 1.69. The van der Waals surface area contributed by atoms with E-state index in [1.54, 1.807) is 0 Å². The second-order valence-corrected chi connectivity index (χ2v) is 5.44. The van der Waals surface area contributed by atoms with E-state index in [2.05, 4.69) is 10.1 Å². The average molecular weight is 317 g/mol. The normalized spacial score (nSPS) is 18.2. The predicted octanol–water partition coefficient (Wildman–Crippen LogP) is 2.18. The first-order valence-corrected chi connectivity index (χ1v) is 7.70. The van der Waals surface area contributed by atoms with Gasteiger partial charge in [0, 0.05) is 5.56 Å². The molecule has 0 amide bonds. The molecule has 7 heteroatoms. The minimum Gasteiger partial charge on any atom is -0.494 e. The lowest BCUT2D eigenvalue weighted by atomic mass is 10.2. The number of hydrogen-bond donors (Lipinski definition) is 1. The molecule has 1 aliphatic heterocycles. The van der Waals surface area contributed by atoms with Crippen molar-refractivity contribution < 1.29 is 19.2 Å². The van der Waals surface area contributed by atoms with Crippen LogP contribution in [-0.2, 0) is 11.3 Å². The van der Waals surface area contributed by atoms with E-state index in [0.717, 1.165) is 24.3 Å². The number of carboxylic acid groups (broad SMARTS) is 1. The number of aliphatic carboxylic acids is 1. The first-order valence-electron chi connectivity index (χ1n) is 7.70. The van der Waals surface area contributed by atoms with Gasteiger partial charge in [-0.25, -0.2) is 0 Å². The molecule has 0 unspecified atom stereocenters. The van der Waals surface area contributed by atoms with Gasteiger partial charge < -0.3 is 14.4 Å². The van der Waals surface area contributed by atoms with Crippen molar-refractivity contribution in [2.75, 3.05) is 13.2 Å². The van der Waals surface area contributed by atoms with E-state index in [0.29, 0.717) is 31.3 Å². The maximum Gasteiger partial charge on any atom is 0.320 e. The van der Waals surface area contributed by atoms with Gasteiger partial charge in [0.25, 0.3) is 0 Å². The molecule has 2 aromatic rings. The molecule has 7 nitrogen and oxygen atoms in total. The van der Waals surface area contributed by atoms with Crippen molar-refractivity contribution >= 4 is 5.97 Å². The number of nitrogens with zero attached hydrogens (tertiary/aromatic N) is 3. The fourth-order valence-corrected chi connectivity index (χ4v) is 2.77. The van der Waals surface area contributed by atoms with E-state index in [1.165, 1.54) is 0 Å². The van der Waals surface area contributed by atoms with Crippen molar-refractivity contribution in [3.05, 3.63) is 30.2 Å². The number of aromatic nitrogens is 2. The lowest BCUT2D eigenvalue weighted by Crippen LogP contribution is -2.35. The number of rotatable bonds is 6. The van der Waals surface area contributed by atoms with E-state index < -0.39 is 12.0 Å². The molecule has 3 rings (SSSR count). The summed E-state index contributed by atoms with van der Waals surface area (Å²) in [5.74, 6) is 0.922. The average Bonchev–Trinajstić information content (AvgIpc) is 3.18. The summed E-state index contributed by atoms with van der Waals surface area (Å²) in [6.07, 6.45) is 1.53. The second-order valence-electron chi connectivity index (χ2n) is 5.44. The highest BCUT2D eigenvalue weighted by atomic mass is 16.5. The third-order valence-corrected chi connectivity index (χ3v) is 3.88. The quantitative estimate of drug-likeness (QED) is 0.873. The minimum atomic E-state index is -0.797. The standard InChI is InChI=1S/C16H19N3O4/c1-2-22-12-7-5-11(6-8-12)15-17-14(23-18-15)10-19-9-3-4-13(19)16(20)21/h5-8,13H,2-4,9-10H2,1H3,(H,20,21)/t13-/m0/s1. The van der Waals surface area contributed by atoms with Crippen LogP contribution in [0.5, 0.6) is 5.75 Å². The van der Waals surface area contributed by atoms with E-state index in [4.69, 9.17) is 9.26 Å². The molecule has 23 heavy (non-hydrogen) atoms. The highest BCUT2D eigenvalue weighted by Gasteiger charge is 2.31. The Hall–Kier alpha value is -2.41. The van der Waals surface area contributed by atoms with Crippen molar-refractivity contribution in [3.8, 4) is 17.1 Å². The van der Waals surface area contributed by atoms with Gasteiger partial charge in [-0.3, -0.25) is 9.69 Å². The van der Waals surface area contributed by atoms with Crippen LogP contribution in [0.3, 0.4) is 0 Å². The molecular weight excluding hydrogens is 298 g/mol. The van der Waals surface area contributed by atoms with Gasteiger partial charge in [0.15, 0.2) is 0 Å². The van der Waals surface area contributed by atoms with Crippen LogP contribution in [0.25, 0.3) is 11.4 Å². The lowest BCUT2D eigenvalue weighted by molar-refractivity contribution is -0.142. The van der Waals surface area contributed by atoms with Crippen LogP contribution in [0.2, 0.25) is 0 Å². The fourth-order valence-electron chi connectivity index (χ4n) is 2.77. The van der Waals surface area contributed by atoms with Crippen LogP contribution in [0, 0.1) is 0 Å². The first-order chi connectivity index (χ1) is 11.2. The van der Waals surface area contributed by atoms with Crippen LogP contribution in [0.1, 0.15) is 25.7 Å². The summed E-state index contributed by atoms with van der Waals surface area (Å²) in [4.78, 5) is 17.4. The zero-order valence-corrected chi connectivity index (χ0v) is 12.9. The summed E-state index contributed by atoms with van der Waals surface area (Å²) in [5.41, 5.74) is 0.833.